The van der Waals surface area contributed by atoms with Gasteiger partial charge in [0.05, 0.1) is 24.4 Å². The van der Waals surface area contributed by atoms with Gasteiger partial charge in [-0.25, -0.2) is 19.6 Å². The second-order valence-electron chi connectivity index (χ2n) is 17.3. The van der Waals surface area contributed by atoms with Crippen molar-refractivity contribution < 1.29 is 43.6 Å². The number of carboxylic acids is 1. The van der Waals surface area contributed by atoms with Gasteiger partial charge in [-0.15, -0.1) is 11.3 Å². The van der Waals surface area contributed by atoms with Crippen LogP contribution in [-0.2, 0) is 19.1 Å². The normalized spacial score (nSPS) is 26.8. The number of carbonyl (C=O) groups excluding carboxylic acids is 3. The van der Waals surface area contributed by atoms with Crippen molar-refractivity contribution in [2.24, 2.45) is 23.2 Å². The first-order valence-electron chi connectivity index (χ1n) is 20.0. The molecule has 15 nitrogen and oxygen atoms in total. The van der Waals surface area contributed by atoms with Crippen molar-refractivity contribution in [3.8, 4) is 22.9 Å². The van der Waals surface area contributed by atoms with E-state index in [4.69, 9.17) is 24.2 Å². The number of nitrogens with zero attached hydrogens (tertiary/aromatic N) is 3. The summed E-state index contributed by atoms with van der Waals surface area (Å²) < 4.78 is 18.2. The zero-order chi connectivity index (χ0) is 40.8. The van der Waals surface area contributed by atoms with E-state index in [1.807, 2.05) is 46.9 Å². The molecule has 3 saturated carbocycles. The molecule has 16 heteroatoms. The number of ether oxygens (including phenoxy) is 3. The number of aliphatic hydroxyl groups is 1. The van der Waals surface area contributed by atoms with Crippen LogP contribution in [-0.4, -0.2) is 105 Å². The van der Waals surface area contributed by atoms with E-state index in [9.17, 15) is 29.4 Å². The molecule has 1 aliphatic heterocycles. The molecule has 4 aliphatic rings. The minimum Gasteiger partial charge on any atom is -0.491 e. The molecule has 8 atom stereocenters. The number of anilines is 1. The number of benzene rings is 1. The summed E-state index contributed by atoms with van der Waals surface area (Å²) in [5.74, 6) is -0.277. The average Bonchev–Trinajstić information content (AvgIpc) is 3.82. The highest BCUT2D eigenvalue weighted by molar-refractivity contribution is 7.14. The lowest BCUT2D eigenvalue weighted by atomic mass is 9.85. The van der Waals surface area contributed by atoms with Crippen LogP contribution in [0.25, 0.3) is 22.3 Å². The number of aromatic nitrogens is 2. The smallest absolute Gasteiger partial charge is 0.408 e. The Labute approximate surface area is 336 Å². The number of aliphatic hydroxyl groups excluding tert-OH is 1. The summed E-state index contributed by atoms with van der Waals surface area (Å²) in [4.78, 5) is 65.6. The first-order valence-corrected chi connectivity index (χ1v) is 20.9. The number of pyridine rings is 1. The van der Waals surface area contributed by atoms with Gasteiger partial charge in [-0.2, -0.15) is 0 Å². The first kappa shape index (κ1) is 40.5. The van der Waals surface area contributed by atoms with Crippen molar-refractivity contribution in [3.63, 3.8) is 0 Å². The number of amides is 3. The minimum absolute atomic E-state index is 0.0144. The van der Waals surface area contributed by atoms with Gasteiger partial charge < -0.3 is 45.3 Å². The highest BCUT2D eigenvalue weighted by atomic mass is 32.1. The highest BCUT2D eigenvalue weighted by Gasteiger charge is 2.61. The van der Waals surface area contributed by atoms with E-state index in [0.29, 0.717) is 58.5 Å². The van der Waals surface area contributed by atoms with Crippen LogP contribution in [0.4, 0.5) is 9.93 Å². The van der Waals surface area contributed by atoms with Crippen molar-refractivity contribution in [3.05, 3.63) is 29.6 Å². The highest BCUT2D eigenvalue weighted by Crippen LogP contribution is 2.52. The average molecular weight is 807 g/mol. The van der Waals surface area contributed by atoms with Crippen LogP contribution in [0.2, 0.25) is 0 Å². The minimum atomic E-state index is -1.41. The van der Waals surface area contributed by atoms with Gasteiger partial charge in [0.25, 0.3) is 0 Å². The number of alkyl carbamates (subject to hydrolysis) is 1. The Hall–Kier alpha value is -4.70. The summed E-state index contributed by atoms with van der Waals surface area (Å²) in [5.41, 5.74) is -0.490. The van der Waals surface area contributed by atoms with Crippen molar-refractivity contribution >= 4 is 51.2 Å². The Morgan fingerprint density at radius 1 is 1.04 bits per heavy atom. The predicted molar refractivity (Wildman–Crippen MR) is 213 cm³/mol. The molecule has 4 fully saturated rings. The fourth-order valence-corrected chi connectivity index (χ4v) is 9.24. The molecule has 0 radical (unpaired) electrons. The van der Waals surface area contributed by atoms with Crippen molar-refractivity contribution in [1.82, 2.24) is 25.5 Å². The van der Waals surface area contributed by atoms with E-state index in [0.717, 1.165) is 18.0 Å². The molecule has 0 spiro atoms. The third-order valence-corrected chi connectivity index (χ3v) is 12.4. The zero-order valence-corrected chi connectivity index (χ0v) is 34.2. The van der Waals surface area contributed by atoms with Crippen molar-refractivity contribution in [2.45, 2.75) is 116 Å². The second-order valence-corrected chi connectivity index (χ2v) is 18.2. The van der Waals surface area contributed by atoms with Gasteiger partial charge in [-0.3, -0.25) is 9.59 Å². The number of thiazole rings is 1. The molecular weight excluding hydrogens is 753 g/mol. The summed E-state index contributed by atoms with van der Waals surface area (Å²) in [6, 6.07) is 5.11. The number of hydrogen-bond acceptors (Lipinski definition) is 12. The predicted octanol–water partition coefficient (Wildman–Crippen LogP) is 5.21. The standard InChI is InChI=1S/C41H54N6O9S/c1-7-24-18-41(24,37(51)52)46-35(49)32-16-27(19-47(32)36(50)34(40(4,5)6)45-39(53)56-26-13-22-12-23(22)14-26)55-33-17-30(31-20-57-38(44-31)42-21(2)3)43-29-15-25(54-11-10-48)8-9-28(29)33/h8-9,15,17,20-24,26-27,32,34,48H,7,10-14,16,18-19H2,1-6H3,(H,42,44)(H,45,53)(H,46,49)(H,51,52)/t22-,23+,24?,26?,27-,32+,34?,41-/m1/s1. The third kappa shape index (κ3) is 8.76. The molecule has 308 valence electrons. The Balaban J connectivity index is 1.19. The fraction of sp³-hybridized carbons (Fsp3) is 0.610. The number of carboxylic acid groups (broad SMARTS) is 1. The summed E-state index contributed by atoms with van der Waals surface area (Å²) >= 11 is 1.45. The summed E-state index contributed by atoms with van der Waals surface area (Å²) in [5, 5.41) is 31.7. The van der Waals surface area contributed by atoms with Crippen LogP contribution >= 0.6 is 11.3 Å². The quantitative estimate of drug-likeness (QED) is 0.135. The third-order valence-electron chi connectivity index (χ3n) is 11.6. The van der Waals surface area contributed by atoms with Gasteiger partial charge in [0.15, 0.2) is 5.13 Å². The molecule has 0 bridgehead atoms. The van der Waals surface area contributed by atoms with Gasteiger partial charge in [-0.05, 0) is 74.8 Å². The van der Waals surface area contributed by atoms with E-state index in [1.165, 1.54) is 22.7 Å². The van der Waals surface area contributed by atoms with E-state index in [-0.39, 0.29) is 44.2 Å². The molecule has 1 saturated heterocycles. The van der Waals surface area contributed by atoms with E-state index in [1.54, 1.807) is 24.3 Å². The lowest BCUT2D eigenvalue weighted by molar-refractivity contribution is -0.146. The number of fused-ring (bicyclic) bond motifs is 2. The Morgan fingerprint density at radius 2 is 1.79 bits per heavy atom. The van der Waals surface area contributed by atoms with Crippen LogP contribution in [0, 0.1) is 23.2 Å². The van der Waals surface area contributed by atoms with E-state index in [2.05, 4.69) is 16.0 Å². The first-order chi connectivity index (χ1) is 27.1. The second kappa shape index (κ2) is 15.9. The molecular formula is C41H54N6O9S. The van der Waals surface area contributed by atoms with Gasteiger partial charge in [0, 0.05) is 35.4 Å². The molecule has 3 aliphatic carbocycles. The molecule has 57 heavy (non-hydrogen) atoms. The maximum absolute atomic E-state index is 14.7. The number of rotatable bonds is 15. The van der Waals surface area contributed by atoms with Crippen LogP contribution in [0.3, 0.4) is 0 Å². The zero-order valence-electron chi connectivity index (χ0n) is 33.4. The number of likely N-dealkylation sites (tertiary alicyclic amines) is 1. The van der Waals surface area contributed by atoms with Crippen molar-refractivity contribution in [2.75, 3.05) is 25.1 Å². The van der Waals surface area contributed by atoms with Crippen molar-refractivity contribution in [1.29, 1.82) is 0 Å². The van der Waals surface area contributed by atoms with Crippen LogP contribution in [0.1, 0.15) is 80.1 Å². The van der Waals surface area contributed by atoms with Gasteiger partial charge in [0.2, 0.25) is 11.8 Å². The Kier molecular flexibility index (Phi) is 11.3. The topological polar surface area (TPSA) is 202 Å². The molecule has 7 rings (SSSR count). The van der Waals surface area contributed by atoms with Gasteiger partial charge in [-0.1, -0.05) is 34.1 Å². The largest absolute Gasteiger partial charge is 0.491 e. The van der Waals surface area contributed by atoms with Gasteiger partial charge in [0.1, 0.15) is 53.6 Å². The van der Waals surface area contributed by atoms with E-state index < -0.39 is 53.0 Å². The fourth-order valence-electron chi connectivity index (χ4n) is 8.38. The number of carbonyl (C=O) groups is 4. The molecule has 3 aromatic rings. The van der Waals surface area contributed by atoms with E-state index >= 15 is 0 Å². The molecule has 1 aromatic carbocycles. The lowest BCUT2D eigenvalue weighted by Gasteiger charge is -2.35. The summed E-state index contributed by atoms with van der Waals surface area (Å²) in [6.45, 7) is 11.4. The van der Waals surface area contributed by atoms with Crippen LogP contribution < -0.4 is 25.4 Å². The number of hydrogen-bond donors (Lipinski definition) is 5. The maximum atomic E-state index is 14.7. The monoisotopic (exact) mass is 806 g/mol. The molecule has 3 heterocycles. The Bertz CT molecular complexity index is 2010. The van der Waals surface area contributed by atoms with Crippen LogP contribution in [0.15, 0.2) is 29.6 Å². The summed E-state index contributed by atoms with van der Waals surface area (Å²) in [6.07, 6.45) is 2.18. The lowest BCUT2D eigenvalue weighted by Crippen LogP contribution is -2.59. The molecule has 5 N–H and O–H groups in total. The number of aliphatic carboxylic acids is 1. The molecule has 2 aromatic heterocycles. The Morgan fingerprint density at radius 3 is 2.44 bits per heavy atom. The van der Waals surface area contributed by atoms with Gasteiger partial charge >= 0.3 is 12.1 Å². The molecule has 3 amide bonds. The summed E-state index contributed by atoms with van der Waals surface area (Å²) in [7, 11) is 0. The molecule has 3 unspecified atom stereocenters. The number of nitrogens with one attached hydrogen (secondary N) is 3. The van der Waals surface area contributed by atoms with Crippen LogP contribution in [0.5, 0.6) is 11.5 Å². The SMILES string of the molecule is CCC1C[C@]1(NC(=O)[C@@H]1C[C@@H](Oc2cc(-c3csc(NC(C)C)n3)nc3cc(OCCO)ccc23)CN1C(=O)C(NC(=O)OC1C[C@@H]2C[C@@H]2C1)C(C)(C)C)C(=O)O. The maximum Gasteiger partial charge on any atom is 0.408 e.